The van der Waals surface area contributed by atoms with E-state index in [9.17, 15) is 9.59 Å². The van der Waals surface area contributed by atoms with Gasteiger partial charge in [-0.05, 0) is 61.4 Å². The van der Waals surface area contributed by atoms with Gasteiger partial charge in [0.05, 0.1) is 6.61 Å². The third-order valence-electron chi connectivity index (χ3n) is 4.71. The van der Waals surface area contributed by atoms with E-state index in [1.54, 1.807) is 30.5 Å². The van der Waals surface area contributed by atoms with Crippen molar-refractivity contribution >= 4 is 17.6 Å². The summed E-state index contributed by atoms with van der Waals surface area (Å²) in [7, 11) is 0. The molecule has 2 aliphatic carbocycles. The van der Waals surface area contributed by atoms with Crippen LogP contribution >= 0.6 is 0 Å². The van der Waals surface area contributed by atoms with Gasteiger partial charge >= 0.3 is 6.03 Å². The van der Waals surface area contributed by atoms with Crippen molar-refractivity contribution in [3.05, 3.63) is 53.7 Å². The Balaban J connectivity index is 1.30. The van der Waals surface area contributed by atoms with Gasteiger partial charge in [0.25, 0.3) is 5.91 Å². The van der Waals surface area contributed by atoms with Gasteiger partial charge in [0.15, 0.2) is 0 Å². The van der Waals surface area contributed by atoms with Crippen LogP contribution in [0.15, 0.2) is 42.6 Å². The molecule has 28 heavy (non-hydrogen) atoms. The van der Waals surface area contributed by atoms with Crippen molar-refractivity contribution in [2.24, 2.45) is 5.92 Å². The fourth-order valence-corrected chi connectivity index (χ4v) is 2.73. The van der Waals surface area contributed by atoms with Gasteiger partial charge in [0.2, 0.25) is 5.88 Å². The number of amides is 3. The predicted octanol–water partition coefficient (Wildman–Crippen LogP) is 3.08. The zero-order valence-corrected chi connectivity index (χ0v) is 15.6. The molecule has 0 saturated heterocycles. The first-order chi connectivity index (χ1) is 13.7. The lowest BCUT2D eigenvalue weighted by Gasteiger charge is -2.10. The molecule has 3 N–H and O–H groups in total. The monoisotopic (exact) mass is 380 g/mol. The fraction of sp³-hybridized carbons (Fsp3) is 0.381. The molecular weight excluding hydrogens is 356 g/mol. The van der Waals surface area contributed by atoms with Crippen molar-refractivity contribution in [2.45, 2.75) is 38.3 Å². The van der Waals surface area contributed by atoms with Gasteiger partial charge in [0.1, 0.15) is 0 Å². The molecule has 0 aliphatic heterocycles. The molecule has 1 heterocycles. The number of carbonyl (C=O) groups is 2. The third kappa shape index (κ3) is 5.45. The Morgan fingerprint density at radius 3 is 2.75 bits per heavy atom. The molecule has 2 aromatic rings. The highest BCUT2D eigenvalue weighted by Crippen LogP contribution is 2.29. The summed E-state index contributed by atoms with van der Waals surface area (Å²) >= 11 is 0. The molecule has 0 atom stereocenters. The summed E-state index contributed by atoms with van der Waals surface area (Å²) in [6, 6.07) is 10.6. The number of urea groups is 1. The lowest BCUT2D eigenvalue weighted by molar-refractivity contribution is 0.0951. The minimum absolute atomic E-state index is 0.205. The van der Waals surface area contributed by atoms with Crippen molar-refractivity contribution < 1.29 is 14.3 Å². The van der Waals surface area contributed by atoms with E-state index in [0.717, 1.165) is 18.4 Å². The van der Waals surface area contributed by atoms with Crippen molar-refractivity contribution in [1.82, 2.24) is 15.6 Å². The number of carbonyl (C=O) groups excluding carboxylic acids is 2. The molecule has 4 rings (SSSR count). The number of pyridine rings is 1. The Morgan fingerprint density at radius 2 is 1.96 bits per heavy atom. The van der Waals surface area contributed by atoms with Crippen LogP contribution in [0.5, 0.6) is 5.88 Å². The van der Waals surface area contributed by atoms with Crippen LogP contribution in [-0.4, -0.2) is 29.6 Å². The number of anilines is 1. The molecule has 3 amide bonds. The van der Waals surface area contributed by atoms with Gasteiger partial charge in [-0.25, -0.2) is 9.78 Å². The van der Waals surface area contributed by atoms with E-state index >= 15 is 0 Å². The number of nitrogens with zero attached hydrogens (tertiary/aromatic N) is 1. The van der Waals surface area contributed by atoms with E-state index in [2.05, 4.69) is 20.9 Å². The molecule has 0 bridgehead atoms. The van der Waals surface area contributed by atoms with E-state index in [1.807, 2.05) is 12.1 Å². The summed E-state index contributed by atoms with van der Waals surface area (Å²) in [6.45, 7) is 1.08. The third-order valence-corrected chi connectivity index (χ3v) is 4.71. The largest absolute Gasteiger partial charge is 0.477 e. The van der Waals surface area contributed by atoms with E-state index in [4.69, 9.17) is 4.74 Å². The Morgan fingerprint density at radius 1 is 1.11 bits per heavy atom. The average Bonchev–Trinajstić information content (AvgIpc) is 3.61. The molecule has 0 unspecified atom stereocenters. The summed E-state index contributed by atoms with van der Waals surface area (Å²) in [5, 5.41) is 8.51. The average molecular weight is 380 g/mol. The van der Waals surface area contributed by atoms with E-state index in [1.165, 1.54) is 12.8 Å². The van der Waals surface area contributed by atoms with E-state index in [0.29, 0.717) is 36.2 Å². The van der Waals surface area contributed by atoms with Gasteiger partial charge < -0.3 is 20.7 Å². The number of rotatable bonds is 8. The highest BCUT2D eigenvalue weighted by molar-refractivity contribution is 5.96. The first kappa shape index (κ1) is 18.3. The zero-order valence-electron chi connectivity index (χ0n) is 15.6. The summed E-state index contributed by atoms with van der Waals surface area (Å²) in [4.78, 5) is 28.5. The first-order valence-electron chi connectivity index (χ1n) is 9.69. The van der Waals surface area contributed by atoms with Crippen LogP contribution < -0.4 is 20.7 Å². The van der Waals surface area contributed by atoms with Gasteiger partial charge in [0, 0.05) is 36.1 Å². The van der Waals surface area contributed by atoms with Gasteiger partial charge in [-0.2, -0.15) is 0 Å². The summed E-state index contributed by atoms with van der Waals surface area (Å²) in [6.07, 6.45) is 6.20. The molecule has 7 heteroatoms. The topological polar surface area (TPSA) is 92.4 Å². The highest BCUT2D eigenvalue weighted by Gasteiger charge is 2.23. The van der Waals surface area contributed by atoms with Crippen LogP contribution in [0.1, 0.15) is 41.6 Å². The first-order valence-corrected chi connectivity index (χ1v) is 9.69. The van der Waals surface area contributed by atoms with Crippen molar-refractivity contribution in [1.29, 1.82) is 0 Å². The maximum Gasteiger partial charge on any atom is 0.319 e. The quantitative estimate of drug-likeness (QED) is 0.656. The molecule has 0 radical (unpaired) electrons. The second kappa shape index (κ2) is 8.29. The maximum absolute atomic E-state index is 12.5. The Labute approximate surface area is 163 Å². The predicted molar refractivity (Wildman–Crippen MR) is 105 cm³/mol. The van der Waals surface area contributed by atoms with Crippen LogP contribution in [-0.2, 0) is 6.54 Å². The Bertz CT molecular complexity index is 862. The summed E-state index contributed by atoms with van der Waals surface area (Å²) < 4.78 is 5.68. The number of aromatic nitrogens is 1. The van der Waals surface area contributed by atoms with Gasteiger partial charge in [-0.3, -0.25) is 4.79 Å². The number of benzene rings is 1. The minimum Gasteiger partial charge on any atom is -0.477 e. The minimum atomic E-state index is -0.240. The number of hydrogen-bond donors (Lipinski definition) is 3. The normalized spacial score (nSPS) is 15.6. The number of ether oxygens (including phenoxy) is 1. The summed E-state index contributed by atoms with van der Waals surface area (Å²) in [5.41, 5.74) is 2.00. The smallest absolute Gasteiger partial charge is 0.319 e. The molecule has 1 aromatic carbocycles. The lowest BCUT2D eigenvalue weighted by Crippen LogP contribution is -2.30. The molecule has 2 saturated carbocycles. The molecule has 7 nitrogen and oxygen atoms in total. The summed E-state index contributed by atoms with van der Waals surface area (Å²) in [5.74, 6) is 1.05. The van der Waals surface area contributed by atoms with Gasteiger partial charge in [-0.1, -0.05) is 6.07 Å². The van der Waals surface area contributed by atoms with Crippen molar-refractivity contribution in [3.63, 3.8) is 0 Å². The second-order valence-electron chi connectivity index (χ2n) is 7.39. The molecule has 2 aliphatic rings. The standard InChI is InChI=1S/C21H24N4O3/c26-20(16-2-1-3-18(11-16)25-21(27)24-17-6-7-17)23-12-15-8-9-22-19(10-15)28-13-14-4-5-14/h1-3,8-11,14,17H,4-7,12-13H2,(H,23,26)(H2,24,25,27). The Hall–Kier alpha value is -3.09. The van der Waals surface area contributed by atoms with Gasteiger partial charge in [-0.15, -0.1) is 0 Å². The lowest BCUT2D eigenvalue weighted by atomic mass is 10.2. The molecular formula is C21H24N4O3. The molecule has 1 aromatic heterocycles. The second-order valence-corrected chi connectivity index (χ2v) is 7.39. The zero-order chi connectivity index (χ0) is 19.3. The van der Waals surface area contributed by atoms with Crippen LogP contribution in [0.4, 0.5) is 10.5 Å². The van der Waals surface area contributed by atoms with Crippen molar-refractivity contribution in [3.8, 4) is 5.88 Å². The van der Waals surface area contributed by atoms with Crippen LogP contribution in [0.3, 0.4) is 0 Å². The SMILES string of the molecule is O=C(Nc1cccc(C(=O)NCc2ccnc(OCC3CC3)c2)c1)NC1CC1. The Kier molecular flexibility index (Phi) is 5.41. The van der Waals surface area contributed by atoms with Crippen molar-refractivity contribution in [2.75, 3.05) is 11.9 Å². The molecule has 146 valence electrons. The maximum atomic E-state index is 12.5. The number of nitrogens with one attached hydrogen (secondary N) is 3. The highest BCUT2D eigenvalue weighted by atomic mass is 16.5. The number of hydrogen-bond acceptors (Lipinski definition) is 4. The van der Waals surface area contributed by atoms with Crippen LogP contribution in [0, 0.1) is 5.92 Å². The van der Waals surface area contributed by atoms with Crippen LogP contribution in [0.25, 0.3) is 0 Å². The fourth-order valence-electron chi connectivity index (χ4n) is 2.73. The molecule has 0 spiro atoms. The van der Waals surface area contributed by atoms with E-state index in [-0.39, 0.29) is 18.0 Å². The van der Waals surface area contributed by atoms with E-state index < -0.39 is 0 Å². The van der Waals surface area contributed by atoms with Crippen LogP contribution in [0.2, 0.25) is 0 Å². The molecule has 2 fully saturated rings.